The SMILES string of the molecule is CNC(=O)C(CNC(=O)c1cnn(-c2cccc(C#N)c2)n1)(NC=O)C1CC1. The van der Waals surface area contributed by atoms with Gasteiger partial charge in [0, 0.05) is 7.05 Å². The van der Waals surface area contributed by atoms with Gasteiger partial charge in [-0.1, -0.05) is 6.07 Å². The van der Waals surface area contributed by atoms with Crippen molar-refractivity contribution in [3.8, 4) is 11.8 Å². The Hall–Kier alpha value is -3.74. The third-order valence-corrected chi connectivity index (χ3v) is 4.68. The summed E-state index contributed by atoms with van der Waals surface area (Å²) >= 11 is 0. The number of amides is 3. The molecule has 28 heavy (non-hydrogen) atoms. The molecule has 144 valence electrons. The van der Waals surface area contributed by atoms with E-state index in [1.165, 1.54) is 18.0 Å². The molecule has 1 aliphatic rings. The molecule has 1 unspecified atom stereocenters. The molecule has 1 aromatic heterocycles. The lowest BCUT2D eigenvalue weighted by atomic mass is 9.91. The number of carbonyl (C=O) groups is 3. The highest BCUT2D eigenvalue weighted by Crippen LogP contribution is 2.39. The quantitative estimate of drug-likeness (QED) is 0.527. The van der Waals surface area contributed by atoms with Crippen molar-refractivity contribution in [2.24, 2.45) is 5.92 Å². The Morgan fingerprint density at radius 3 is 2.86 bits per heavy atom. The molecule has 3 rings (SSSR count). The lowest BCUT2D eigenvalue weighted by Gasteiger charge is -2.31. The van der Waals surface area contributed by atoms with Gasteiger partial charge in [-0.15, -0.1) is 5.10 Å². The van der Waals surface area contributed by atoms with E-state index in [2.05, 4.69) is 26.1 Å². The zero-order chi connectivity index (χ0) is 20.1. The maximum absolute atomic E-state index is 12.5. The summed E-state index contributed by atoms with van der Waals surface area (Å²) in [5.74, 6) is -0.925. The van der Waals surface area contributed by atoms with Gasteiger partial charge in [-0.2, -0.15) is 15.2 Å². The highest BCUT2D eigenvalue weighted by Gasteiger charge is 2.50. The minimum Gasteiger partial charge on any atom is -0.357 e. The lowest BCUT2D eigenvalue weighted by molar-refractivity contribution is -0.130. The van der Waals surface area contributed by atoms with E-state index in [4.69, 9.17) is 5.26 Å². The van der Waals surface area contributed by atoms with Crippen LogP contribution in [0, 0.1) is 17.2 Å². The Morgan fingerprint density at radius 1 is 1.43 bits per heavy atom. The van der Waals surface area contributed by atoms with Crippen LogP contribution in [0.4, 0.5) is 0 Å². The van der Waals surface area contributed by atoms with Crippen molar-refractivity contribution in [3.63, 3.8) is 0 Å². The second-order valence-corrected chi connectivity index (χ2v) is 6.45. The fourth-order valence-electron chi connectivity index (χ4n) is 3.05. The Kier molecular flexibility index (Phi) is 5.35. The van der Waals surface area contributed by atoms with E-state index in [-0.39, 0.29) is 24.1 Å². The summed E-state index contributed by atoms with van der Waals surface area (Å²) in [5, 5.41) is 24.9. The summed E-state index contributed by atoms with van der Waals surface area (Å²) in [6, 6.07) is 8.67. The van der Waals surface area contributed by atoms with Crippen LogP contribution < -0.4 is 16.0 Å². The van der Waals surface area contributed by atoms with E-state index >= 15 is 0 Å². The van der Waals surface area contributed by atoms with E-state index in [0.29, 0.717) is 17.7 Å². The van der Waals surface area contributed by atoms with Crippen molar-refractivity contribution in [3.05, 3.63) is 41.7 Å². The standard InChI is InChI=1S/C18H19N7O3/c1-20-17(28)18(22-11-26,13-5-6-13)10-21-16(27)15-9-23-25(24-15)14-4-2-3-12(7-14)8-19/h2-4,7,9,11,13H,5-6,10H2,1H3,(H,20,28)(H,21,27)(H,22,26). The molecule has 1 aliphatic carbocycles. The minimum atomic E-state index is -1.19. The number of carbonyl (C=O) groups excluding carboxylic acids is 3. The van der Waals surface area contributed by atoms with Gasteiger partial charge in [0.25, 0.3) is 5.91 Å². The van der Waals surface area contributed by atoms with Crippen LogP contribution in [-0.4, -0.2) is 52.3 Å². The number of aromatic nitrogens is 3. The van der Waals surface area contributed by atoms with Crippen molar-refractivity contribution in [2.45, 2.75) is 18.4 Å². The first-order valence-electron chi connectivity index (χ1n) is 8.68. The van der Waals surface area contributed by atoms with E-state index in [9.17, 15) is 14.4 Å². The van der Waals surface area contributed by atoms with E-state index < -0.39 is 11.4 Å². The van der Waals surface area contributed by atoms with Crippen molar-refractivity contribution in [2.75, 3.05) is 13.6 Å². The topological polar surface area (TPSA) is 142 Å². The fourth-order valence-corrected chi connectivity index (χ4v) is 3.05. The Morgan fingerprint density at radius 2 is 2.21 bits per heavy atom. The third kappa shape index (κ3) is 3.68. The maximum atomic E-state index is 12.5. The highest BCUT2D eigenvalue weighted by atomic mass is 16.2. The van der Waals surface area contributed by atoms with Crippen LogP contribution in [0.1, 0.15) is 28.9 Å². The van der Waals surface area contributed by atoms with Gasteiger partial charge in [0.05, 0.1) is 30.1 Å². The van der Waals surface area contributed by atoms with Crippen LogP contribution >= 0.6 is 0 Å². The van der Waals surface area contributed by atoms with Crippen LogP contribution in [-0.2, 0) is 9.59 Å². The molecule has 1 fully saturated rings. The lowest BCUT2D eigenvalue weighted by Crippen LogP contribution is -2.63. The van der Waals surface area contributed by atoms with Gasteiger partial charge >= 0.3 is 0 Å². The molecule has 3 amide bonds. The Bertz CT molecular complexity index is 945. The predicted octanol–water partition coefficient (Wildman–Crippen LogP) is -0.490. The van der Waals surface area contributed by atoms with Gasteiger partial charge in [-0.05, 0) is 37.0 Å². The van der Waals surface area contributed by atoms with Crippen molar-refractivity contribution in [1.82, 2.24) is 30.9 Å². The molecule has 3 N–H and O–H groups in total. The Labute approximate surface area is 160 Å². The zero-order valence-corrected chi connectivity index (χ0v) is 15.2. The smallest absolute Gasteiger partial charge is 0.273 e. The second-order valence-electron chi connectivity index (χ2n) is 6.45. The first-order valence-corrected chi connectivity index (χ1v) is 8.68. The summed E-state index contributed by atoms with van der Waals surface area (Å²) in [5.41, 5.74) is -0.155. The molecule has 1 atom stereocenters. The third-order valence-electron chi connectivity index (χ3n) is 4.68. The molecule has 0 bridgehead atoms. The normalized spacial score (nSPS) is 15.0. The van der Waals surface area contributed by atoms with Gasteiger partial charge < -0.3 is 16.0 Å². The highest BCUT2D eigenvalue weighted by molar-refractivity contribution is 5.94. The molecule has 1 aromatic carbocycles. The number of hydrogen-bond donors (Lipinski definition) is 3. The zero-order valence-electron chi connectivity index (χ0n) is 15.2. The summed E-state index contributed by atoms with van der Waals surface area (Å²) < 4.78 is 0. The van der Waals surface area contributed by atoms with E-state index in [1.807, 2.05) is 6.07 Å². The molecule has 10 heteroatoms. The first kappa shape index (κ1) is 19.0. The number of benzene rings is 1. The van der Waals surface area contributed by atoms with E-state index in [1.54, 1.807) is 24.3 Å². The van der Waals surface area contributed by atoms with Gasteiger partial charge in [-0.3, -0.25) is 14.4 Å². The molecule has 1 saturated carbocycles. The van der Waals surface area contributed by atoms with Gasteiger partial charge in [0.1, 0.15) is 5.54 Å². The predicted molar refractivity (Wildman–Crippen MR) is 97.1 cm³/mol. The van der Waals surface area contributed by atoms with Gasteiger partial charge in [0.15, 0.2) is 5.69 Å². The van der Waals surface area contributed by atoms with Crippen LogP contribution in [0.25, 0.3) is 5.69 Å². The summed E-state index contributed by atoms with van der Waals surface area (Å²) in [4.78, 5) is 37.1. The number of nitrogens with one attached hydrogen (secondary N) is 3. The van der Waals surface area contributed by atoms with Gasteiger partial charge in [0.2, 0.25) is 12.3 Å². The molecule has 1 heterocycles. The number of rotatable bonds is 8. The van der Waals surface area contributed by atoms with E-state index in [0.717, 1.165) is 12.8 Å². The average molecular weight is 381 g/mol. The molecule has 0 radical (unpaired) electrons. The number of hydrogen-bond acceptors (Lipinski definition) is 6. The Balaban J connectivity index is 1.74. The average Bonchev–Trinajstić information content (AvgIpc) is 3.46. The van der Waals surface area contributed by atoms with Gasteiger partial charge in [-0.25, -0.2) is 0 Å². The first-order chi connectivity index (χ1) is 13.5. The van der Waals surface area contributed by atoms with Crippen LogP contribution in [0.2, 0.25) is 0 Å². The van der Waals surface area contributed by atoms with Crippen LogP contribution in [0.5, 0.6) is 0 Å². The monoisotopic (exact) mass is 381 g/mol. The number of nitriles is 1. The summed E-state index contributed by atoms with van der Waals surface area (Å²) in [6.45, 7) is -0.0638. The van der Waals surface area contributed by atoms with Crippen LogP contribution in [0.15, 0.2) is 30.5 Å². The van der Waals surface area contributed by atoms with Crippen LogP contribution in [0.3, 0.4) is 0 Å². The molecule has 0 aliphatic heterocycles. The molecular formula is C18H19N7O3. The number of nitrogens with zero attached hydrogens (tertiary/aromatic N) is 4. The second kappa shape index (κ2) is 7.87. The molecule has 2 aromatic rings. The molecule has 0 saturated heterocycles. The maximum Gasteiger partial charge on any atom is 0.273 e. The molecular weight excluding hydrogens is 362 g/mol. The summed E-state index contributed by atoms with van der Waals surface area (Å²) in [7, 11) is 1.48. The van der Waals surface area contributed by atoms with Crippen molar-refractivity contribution in [1.29, 1.82) is 5.26 Å². The molecule has 10 nitrogen and oxygen atoms in total. The largest absolute Gasteiger partial charge is 0.357 e. The molecule has 0 spiro atoms. The summed E-state index contributed by atoms with van der Waals surface area (Å²) in [6.07, 6.45) is 3.34. The fraction of sp³-hybridized carbons (Fsp3) is 0.333. The van der Waals surface area contributed by atoms with Crippen molar-refractivity contribution >= 4 is 18.2 Å². The van der Waals surface area contributed by atoms with Crippen molar-refractivity contribution < 1.29 is 14.4 Å². The minimum absolute atomic E-state index is 0.0395. The number of likely N-dealkylation sites (N-methyl/N-ethyl adjacent to an activating group) is 1.